The molecule has 0 saturated carbocycles. The van der Waals surface area contributed by atoms with Gasteiger partial charge in [-0.05, 0) is 6.92 Å². The summed E-state index contributed by atoms with van der Waals surface area (Å²) in [6.07, 6.45) is 2.39. The number of carbonyl (C=O) groups excluding carboxylic acids is 2. The molecule has 6 heteroatoms. The molecule has 0 aliphatic heterocycles. The molecule has 1 heterocycles. The Morgan fingerprint density at radius 2 is 2.31 bits per heavy atom. The molecule has 6 nitrogen and oxygen atoms in total. The number of Topliss-reactive ketones (excluding diaryl/α,β-unsaturated/α-hetero) is 1. The number of ether oxygens (including phenoxy) is 1. The van der Waals surface area contributed by atoms with Crippen LogP contribution < -0.4 is 0 Å². The van der Waals surface area contributed by atoms with Gasteiger partial charge in [-0.25, -0.2) is 4.79 Å². The molecule has 1 aromatic heterocycles. The lowest BCUT2D eigenvalue weighted by Gasteiger charge is -2.00. The Morgan fingerprint density at radius 1 is 1.62 bits per heavy atom. The molecule has 0 unspecified atom stereocenters. The number of nitrogens with zero attached hydrogens (tertiary/aromatic N) is 3. The fourth-order valence-electron chi connectivity index (χ4n) is 0.800. The molecule has 0 spiro atoms. The minimum Gasteiger partial charge on any atom is -0.463 e. The molecule has 0 bridgehead atoms. The summed E-state index contributed by atoms with van der Waals surface area (Å²) >= 11 is 0. The Bertz CT molecular complexity index is 331. The van der Waals surface area contributed by atoms with Crippen LogP contribution in [0.4, 0.5) is 0 Å². The van der Waals surface area contributed by atoms with E-state index in [1.54, 1.807) is 0 Å². The average Bonchev–Trinajstić information content (AvgIpc) is 2.50. The van der Waals surface area contributed by atoms with Crippen molar-refractivity contribution in [3.8, 4) is 0 Å². The Morgan fingerprint density at radius 3 is 2.85 bits per heavy atom. The van der Waals surface area contributed by atoms with Crippen molar-refractivity contribution in [3.05, 3.63) is 12.2 Å². The maximum absolute atomic E-state index is 11.0. The highest BCUT2D eigenvalue weighted by Crippen LogP contribution is 1.96. The molecule has 0 N–H and O–H groups in total. The van der Waals surface area contributed by atoms with Crippen LogP contribution in [0.3, 0.4) is 0 Å². The minimum atomic E-state index is -0.630. The lowest BCUT2D eigenvalue weighted by Crippen LogP contribution is -2.15. The van der Waals surface area contributed by atoms with Crippen LogP contribution in [0.15, 0.2) is 0 Å². The van der Waals surface area contributed by atoms with Crippen LogP contribution in [-0.2, 0) is 16.1 Å². The fraction of sp³-hybridized carbons (Fsp3) is 0.429. The van der Waals surface area contributed by atoms with Crippen molar-refractivity contribution in [2.75, 3.05) is 7.11 Å². The number of aromatic nitrogens is 3. The Hall–Kier alpha value is -1.72. The van der Waals surface area contributed by atoms with Crippen molar-refractivity contribution in [1.29, 1.82) is 0 Å². The molecule has 0 fully saturated rings. The van der Waals surface area contributed by atoms with E-state index in [9.17, 15) is 9.59 Å². The molecule has 0 saturated heterocycles. The smallest absolute Gasteiger partial charge is 0.376 e. The number of hydrogen-bond donors (Lipinski definition) is 0. The van der Waals surface area contributed by atoms with E-state index in [-0.39, 0.29) is 18.2 Å². The number of ketones is 1. The molecular formula is C7H8N3O3. The molecule has 0 aromatic carbocycles. The van der Waals surface area contributed by atoms with Gasteiger partial charge in [0, 0.05) is 0 Å². The molecule has 69 valence electrons. The Labute approximate surface area is 74.5 Å². The second-order valence-corrected chi connectivity index (χ2v) is 2.40. The van der Waals surface area contributed by atoms with Crippen LogP contribution in [0.5, 0.6) is 0 Å². The third kappa shape index (κ3) is 2.11. The molecule has 1 rings (SSSR count). The zero-order chi connectivity index (χ0) is 9.84. The van der Waals surface area contributed by atoms with Gasteiger partial charge in [-0.15, -0.1) is 10.2 Å². The third-order valence-electron chi connectivity index (χ3n) is 1.31. The highest BCUT2D eigenvalue weighted by atomic mass is 16.5. The number of rotatable bonds is 3. The SMILES string of the molecule is COC(=O)c1nn[c]n1CC(C)=O. The average molecular weight is 182 g/mol. The minimum absolute atomic E-state index is 0.0160. The second-order valence-electron chi connectivity index (χ2n) is 2.40. The summed E-state index contributed by atoms with van der Waals surface area (Å²) in [6.45, 7) is 1.42. The van der Waals surface area contributed by atoms with E-state index < -0.39 is 5.97 Å². The van der Waals surface area contributed by atoms with Crippen LogP contribution in [-0.4, -0.2) is 33.6 Å². The molecule has 0 aliphatic rings. The predicted molar refractivity (Wildman–Crippen MR) is 40.9 cm³/mol. The normalized spacial score (nSPS) is 9.69. The van der Waals surface area contributed by atoms with Crippen LogP contribution in [0.2, 0.25) is 0 Å². The van der Waals surface area contributed by atoms with Crippen LogP contribution in [0.1, 0.15) is 17.5 Å². The fourth-order valence-corrected chi connectivity index (χ4v) is 0.800. The monoisotopic (exact) mass is 182 g/mol. The van der Waals surface area contributed by atoms with Gasteiger partial charge in [0.15, 0.2) is 0 Å². The predicted octanol–water partition coefficient (Wildman–Crippen LogP) is -0.546. The van der Waals surface area contributed by atoms with E-state index in [1.807, 2.05) is 0 Å². The van der Waals surface area contributed by atoms with E-state index in [4.69, 9.17) is 0 Å². The van der Waals surface area contributed by atoms with E-state index in [0.717, 1.165) is 0 Å². The van der Waals surface area contributed by atoms with Gasteiger partial charge in [0.1, 0.15) is 5.78 Å². The standard InChI is InChI=1S/C7H8N3O3/c1-5(11)3-10-4-8-9-6(10)7(12)13-2/h3H2,1-2H3. The lowest BCUT2D eigenvalue weighted by atomic mass is 10.4. The maximum Gasteiger partial charge on any atom is 0.376 e. The quantitative estimate of drug-likeness (QED) is 0.586. The summed E-state index contributed by atoms with van der Waals surface area (Å²) in [5.74, 6) is -0.756. The number of carbonyl (C=O) groups is 2. The first-order valence-corrected chi connectivity index (χ1v) is 3.53. The van der Waals surface area contributed by atoms with Crippen molar-refractivity contribution >= 4 is 11.8 Å². The van der Waals surface area contributed by atoms with Gasteiger partial charge in [0.05, 0.1) is 13.7 Å². The summed E-state index contributed by atoms with van der Waals surface area (Å²) in [5.41, 5.74) is 0. The highest BCUT2D eigenvalue weighted by Gasteiger charge is 2.15. The van der Waals surface area contributed by atoms with E-state index >= 15 is 0 Å². The van der Waals surface area contributed by atoms with Gasteiger partial charge in [0.25, 0.3) is 0 Å². The molecule has 0 amide bonds. The number of hydrogen-bond acceptors (Lipinski definition) is 5. The third-order valence-corrected chi connectivity index (χ3v) is 1.31. The lowest BCUT2D eigenvalue weighted by molar-refractivity contribution is -0.117. The first-order chi connectivity index (χ1) is 6.15. The van der Waals surface area contributed by atoms with Gasteiger partial charge in [-0.1, -0.05) is 0 Å². The summed E-state index contributed by atoms with van der Waals surface area (Å²) in [4.78, 5) is 21.7. The van der Waals surface area contributed by atoms with E-state index in [0.29, 0.717) is 0 Å². The summed E-state index contributed by atoms with van der Waals surface area (Å²) in [7, 11) is 1.23. The van der Waals surface area contributed by atoms with Crippen LogP contribution in [0.25, 0.3) is 0 Å². The zero-order valence-electron chi connectivity index (χ0n) is 7.27. The summed E-state index contributed by atoms with van der Waals surface area (Å²) in [5, 5.41) is 6.85. The molecule has 1 aromatic rings. The van der Waals surface area contributed by atoms with Crippen molar-refractivity contribution in [2.45, 2.75) is 13.5 Å². The topological polar surface area (TPSA) is 74.1 Å². The van der Waals surface area contributed by atoms with Crippen molar-refractivity contribution in [3.63, 3.8) is 0 Å². The number of methoxy groups -OCH3 is 1. The van der Waals surface area contributed by atoms with Gasteiger partial charge in [0.2, 0.25) is 12.2 Å². The molecule has 0 aliphatic carbocycles. The maximum atomic E-state index is 11.0. The molecule has 0 atom stereocenters. The largest absolute Gasteiger partial charge is 0.463 e. The highest BCUT2D eigenvalue weighted by molar-refractivity contribution is 5.86. The summed E-state index contributed by atoms with van der Waals surface area (Å²) < 4.78 is 5.64. The van der Waals surface area contributed by atoms with Crippen molar-refractivity contribution in [2.24, 2.45) is 0 Å². The van der Waals surface area contributed by atoms with Gasteiger partial charge >= 0.3 is 5.97 Å². The first kappa shape index (κ1) is 9.37. The molecular weight excluding hydrogens is 174 g/mol. The summed E-state index contributed by atoms with van der Waals surface area (Å²) in [6, 6.07) is 0. The van der Waals surface area contributed by atoms with Gasteiger partial charge < -0.3 is 4.74 Å². The van der Waals surface area contributed by atoms with Crippen molar-refractivity contribution in [1.82, 2.24) is 14.8 Å². The number of esters is 1. The first-order valence-electron chi connectivity index (χ1n) is 3.53. The Balaban J connectivity index is 2.89. The van der Waals surface area contributed by atoms with Crippen molar-refractivity contribution < 1.29 is 14.3 Å². The Kier molecular flexibility index (Phi) is 2.73. The van der Waals surface area contributed by atoms with E-state index in [1.165, 1.54) is 18.6 Å². The van der Waals surface area contributed by atoms with E-state index in [2.05, 4.69) is 21.3 Å². The van der Waals surface area contributed by atoms with Gasteiger partial charge in [-0.2, -0.15) is 0 Å². The van der Waals surface area contributed by atoms with Crippen LogP contribution >= 0.6 is 0 Å². The second kappa shape index (κ2) is 3.79. The zero-order valence-corrected chi connectivity index (χ0v) is 7.27. The van der Waals surface area contributed by atoms with Gasteiger partial charge in [-0.3, -0.25) is 9.36 Å². The van der Waals surface area contributed by atoms with Crippen LogP contribution in [0, 0.1) is 6.33 Å². The molecule has 13 heavy (non-hydrogen) atoms. The molecule has 1 radical (unpaired) electrons.